The Bertz CT molecular complexity index is 179. The standard InChI is InChI=1S/C6H10O6/c7-1-2-3(8)4(9)5(10)6(11)12-2/h2-5,7-10H,1H2/t2?,3-,4+,5?/m1/s1. The summed E-state index contributed by atoms with van der Waals surface area (Å²) in [6.45, 7) is -0.587. The minimum absolute atomic E-state index is 0.587. The van der Waals surface area contributed by atoms with E-state index in [1.54, 1.807) is 0 Å². The molecule has 1 heterocycles. The smallest absolute Gasteiger partial charge is 0.338 e. The van der Waals surface area contributed by atoms with Gasteiger partial charge in [-0.1, -0.05) is 0 Å². The van der Waals surface area contributed by atoms with E-state index in [-0.39, 0.29) is 0 Å². The third-order valence-corrected chi connectivity index (χ3v) is 1.74. The van der Waals surface area contributed by atoms with Gasteiger partial charge in [0.1, 0.15) is 12.2 Å². The zero-order valence-corrected chi connectivity index (χ0v) is 6.12. The van der Waals surface area contributed by atoms with Crippen molar-refractivity contribution in [3.8, 4) is 0 Å². The number of cyclic esters (lactones) is 1. The lowest BCUT2D eigenvalue weighted by molar-refractivity contribution is -0.206. The van der Waals surface area contributed by atoms with Gasteiger partial charge in [0.15, 0.2) is 12.2 Å². The van der Waals surface area contributed by atoms with E-state index in [1.165, 1.54) is 0 Å². The predicted octanol–water partition coefficient (Wildman–Crippen LogP) is -3.01. The van der Waals surface area contributed by atoms with Gasteiger partial charge in [0, 0.05) is 0 Å². The summed E-state index contributed by atoms with van der Waals surface area (Å²) < 4.78 is 4.38. The molecule has 0 saturated carbocycles. The first-order chi connectivity index (χ1) is 5.57. The maximum absolute atomic E-state index is 10.7. The Morgan fingerprint density at radius 2 is 1.83 bits per heavy atom. The van der Waals surface area contributed by atoms with Gasteiger partial charge in [0.25, 0.3) is 0 Å². The van der Waals surface area contributed by atoms with Crippen molar-refractivity contribution in [3.05, 3.63) is 0 Å². The normalized spacial score (nSPS) is 42.5. The van der Waals surface area contributed by atoms with Crippen LogP contribution < -0.4 is 0 Å². The van der Waals surface area contributed by atoms with Gasteiger partial charge in [-0.25, -0.2) is 4.79 Å². The van der Waals surface area contributed by atoms with Gasteiger partial charge >= 0.3 is 5.97 Å². The Morgan fingerprint density at radius 1 is 1.25 bits per heavy atom. The summed E-state index contributed by atoms with van der Waals surface area (Å²) in [5, 5.41) is 35.5. The molecular weight excluding hydrogens is 168 g/mol. The quantitative estimate of drug-likeness (QED) is 0.318. The largest absolute Gasteiger partial charge is 0.455 e. The summed E-state index contributed by atoms with van der Waals surface area (Å²) in [6, 6.07) is 0. The molecule has 4 N–H and O–H groups in total. The Balaban J connectivity index is 2.70. The highest BCUT2D eigenvalue weighted by molar-refractivity contribution is 5.76. The first-order valence-electron chi connectivity index (χ1n) is 3.43. The molecule has 1 aliphatic heterocycles. The lowest BCUT2D eigenvalue weighted by Crippen LogP contribution is -2.56. The number of hydrogen-bond donors (Lipinski definition) is 4. The topological polar surface area (TPSA) is 107 Å². The van der Waals surface area contributed by atoms with Gasteiger partial charge in [-0.2, -0.15) is 0 Å². The first-order valence-corrected chi connectivity index (χ1v) is 3.43. The van der Waals surface area contributed by atoms with Gasteiger partial charge in [0.2, 0.25) is 0 Å². The van der Waals surface area contributed by atoms with Crippen LogP contribution in [0.5, 0.6) is 0 Å². The minimum Gasteiger partial charge on any atom is -0.455 e. The van der Waals surface area contributed by atoms with E-state index in [0.29, 0.717) is 0 Å². The molecule has 6 heteroatoms. The molecule has 4 atom stereocenters. The zero-order chi connectivity index (χ0) is 9.30. The highest BCUT2D eigenvalue weighted by atomic mass is 16.6. The molecule has 0 aromatic carbocycles. The van der Waals surface area contributed by atoms with Gasteiger partial charge < -0.3 is 25.2 Å². The predicted molar refractivity (Wildman–Crippen MR) is 35.0 cm³/mol. The van der Waals surface area contributed by atoms with Crippen molar-refractivity contribution in [2.45, 2.75) is 24.4 Å². The van der Waals surface area contributed by atoms with Crippen molar-refractivity contribution in [3.63, 3.8) is 0 Å². The number of esters is 1. The number of rotatable bonds is 1. The van der Waals surface area contributed by atoms with Crippen molar-refractivity contribution < 1.29 is 30.0 Å². The minimum atomic E-state index is -1.73. The molecule has 0 aromatic rings. The summed E-state index contributed by atoms with van der Waals surface area (Å²) in [7, 11) is 0. The van der Waals surface area contributed by atoms with Gasteiger partial charge in [-0.15, -0.1) is 0 Å². The highest BCUT2D eigenvalue weighted by Crippen LogP contribution is 2.15. The molecular formula is C6H10O6. The molecule has 0 aliphatic carbocycles. The third kappa shape index (κ3) is 1.42. The molecule has 1 rings (SSSR count). The van der Waals surface area contributed by atoms with Crippen molar-refractivity contribution in [2.24, 2.45) is 0 Å². The first kappa shape index (κ1) is 9.40. The van der Waals surface area contributed by atoms with Gasteiger partial charge in [-0.05, 0) is 0 Å². The molecule has 1 fully saturated rings. The van der Waals surface area contributed by atoms with Crippen LogP contribution in [0.1, 0.15) is 0 Å². The van der Waals surface area contributed by atoms with Crippen LogP contribution in [0.2, 0.25) is 0 Å². The SMILES string of the molecule is O=C1OC(CO)[C@@H](O)[C@H](O)C1O. The van der Waals surface area contributed by atoms with Crippen molar-refractivity contribution >= 4 is 5.97 Å². The van der Waals surface area contributed by atoms with E-state index in [2.05, 4.69) is 4.74 Å². The van der Waals surface area contributed by atoms with E-state index in [9.17, 15) is 4.79 Å². The molecule has 0 radical (unpaired) electrons. The van der Waals surface area contributed by atoms with E-state index >= 15 is 0 Å². The second-order valence-corrected chi connectivity index (χ2v) is 2.58. The molecule has 0 bridgehead atoms. The number of hydrogen-bond acceptors (Lipinski definition) is 6. The number of aliphatic hydroxyl groups is 4. The van der Waals surface area contributed by atoms with E-state index in [1.807, 2.05) is 0 Å². The van der Waals surface area contributed by atoms with Gasteiger partial charge in [-0.3, -0.25) is 0 Å². The van der Waals surface area contributed by atoms with Crippen molar-refractivity contribution in [2.75, 3.05) is 6.61 Å². The molecule has 1 aliphatic rings. The van der Waals surface area contributed by atoms with Crippen LogP contribution in [0.25, 0.3) is 0 Å². The number of ether oxygens (including phenoxy) is 1. The van der Waals surface area contributed by atoms with Crippen LogP contribution in [0, 0.1) is 0 Å². The Kier molecular flexibility index (Phi) is 2.63. The van der Waals surface area contributed by atoms with Crippen LogP contribution in [-0.4, -0.2) is 57.4 Å². The average Bonchev–Trinajstić information content (AvgIpc) is 2.08. The second kappa shape index (κ2) is 3.36. The molecule has 0 amide bonds. The van der Waals surface area contributed by atoms with Gasteiger partial charge in [0.05, 0.1) is 6.61 Å². The van der Waals surface area contributed by atoms with Crippen LogP contribution in [-0.2, 0) is 9.53 Å². The van der Waals surface area contributed by atoms with E-state index < -0.39 is 37.0 Å². The Hall–Kier alpha value is -0.690. The molecule has 12 heavy (non-hydrogen) atoms. The van der Waals surface area contributed by atoms with Crippen LogP contribution in [0.3, 0.4) is 0 Å². The summed E-state index contributed by atoms with van der Waals surface area (Å²) >= 11 is 0. The van der Waals surface area contributed by atoms with Crippen LogP contribution in [0.15, 0.2) is 0 Å². The monoisotopic (exact) mass is 178 g/mol. The van der Waals surface area contributed by atoms with E-state index in [4.69, 9.17) is 20.4 Å². The molecule has 1 saturated heterocycles. The molecule has 2 unspecified atom stereocenters. The molecule has 0 aromatic heterocycles. The third-order valence-electron chi connectivity index (χ3n) is 1.74. The molecule has 70 valence electrons. The van der Waals surface area contributed by atoms with Crippen LogP contribution >= 0.6 is 0 Å². The summed E-state index contributed by atoms with van der Waals surface area (Å²) in [6.07, 6.45) is -5.93. The summed E-state index contributed by atoms with van der Waals surface area (Å²) in [4.78, 5) is 10.7. The maximum Gasteiger partial charge on any atom is 0.338 e. The number of carbonyl (C=O) groups is 1. The summed E-state index contributed by atoms with van der Waals surface area (Å²) in [5.74, 6) is -1.04. The van der Waals surface area contributed by atoms with E-state index in [0.717, 1.165) is 0 Å². The fraction of sp³-hybridized carbons (Fsp3) is 0.833. The lowest BCUT2D eigenvalue weighted by Gasteiger charge is -2.32. The van der Waals surface area contributed by atoms with Crippen molar-refractivity contribution in [1.29, 1.82) is 0 Å². The number of aliphatic hydroxyl groups excluding tert-OH is 4. The fourth-order valence-corrected chi connectivity index (χ4v) is 0.980. The highest BCUT2D eigenvalue weighted by Gasteiger charge is 2.43. The van der Waals surface area contributed by atoms with Crippen LogP contribution in [0.4, 0.5) is 0 Å². The summed E-state index contributed by atoms with van der Waals surface area (Å²) in [5.41, 5.74) is 0. The molecule has 0 spiro atoms. The second-order valence-electron chi connectivity index (χ2n) is 2.58. The fourth-order valence-electron chi connectivity index (χ4n) is 0.980. The Labute approximate surface area is 68.0 Å². The van der Waals surface area contributed by atoms with Crippen molar-refractivity contribution in [1.82, 2.24) is 0 Å². The number of carbonyl (C=O) groups excluding carboxylic acids is 1. The molecule has 6 nitrogen and oxygen atoms in total. The lowest BCUT2D eigenvalue weighted by atomic mass is 10.0. The Morgan fingerprint density at radius 3 is 2.33 bits per heavy atom. The average molecular weight is 178 g/mol. The zero-order valence-electron chi connectivity index (χ0n) is 6.12. The maximum atomic E-state index is 10.7.